The highest BCUT2D eigenvalue weighted by Crippen LogP contribution is 2.43. The first-order chi connectivity index (χ1) is 6.02. The molecule has 1 aliphatic heterocycles. The molecule has 13 heavy (non-hydrogen) atoms. The zero-order valence-electron chi connectivity index (χ0n) is 6.74. The topological polar surface area (TPSA) is 114 Å². The molecule has 5 N–H and O–H groups in total. The van der Waals surface area contributed by atoms with Gasteiger partial charge in [-0.25, -0.2) is 0 Å². The fraction of sp³-hybridized carbons (Fsp3) is 1.00. The fourth-order valence-corrected chi connectivity index (χ4v) is 1.81. The Bertz CT molecular complexity index is 221. The van der Waals surface area contributed by atoms with E-state index in [0.717, 1.165) is 0 Å². The zero-order chi connectivity index (χ0) is 9.80. The van der Waals surface area contributed by atoms with Gasteiger partial charge in [0.1, 0.15) is 36.1 Å². The lowest BCUT2D eigenvalue weighted by Gasteiger charge is -2.37. The van der Waals surface area contributed by atoms with Gasteiger partial charge in [-0.1, -0.05) is 0 Å². The summed E-state index contributed by atoms with van der Waals surface area (Å²) < 4.78 is 4.86. The molecule has 2 aliphatic rings. The molecule has 2 fully saturated rings. The van der Waals surface area contributed by atoms with Crippen molar-refractivity contribution in [2.45, 2.75) is 36.1 Å². The molecule has 1 aliphatic carbocycles. The molecule has 6 atom stereocenters. The number of hydrogen-bond donors (Lipinski definition) is 5. The highest BCUT2D eigenvalue weighted by Gasteiger charge is 2.67. The summed E-state index contributed by atoms with van der Waals surface area (Å²) in [4.78, 5) is 0. The molecule has 0 aromatic carbocycles. The van der Waals surface area contributed by atoms with E-state index in [1.54, 1.807) is 0 Å². The van der Waals surface area contributed by atoms with Crippen LogP contribution in [0.4, 0.5) is 0 Å². The molecule has 6 nitrogen and oxygen atoms in total. The van der Waals surface area contributed by atoms with Crippen molar-refractivity contribution < 1.29 is 30.3 Å². The van der Waals surface area contributed by atoms with Gasteiger partial charge in [0.25, 0.3) is 0 Å². The average molecular weight is 192 g/mol. The Morgan fingerprint density at radius 1 is 1.15 bits per heavy atom. The van der Waals surface area contributed by atoms with Gasteiger partial charge in [-0.2, -0.15) is 0 Å². The van der Waals surface area contributed by atoms with Gasteiger partial charge in [-0.3, -0.25) is 0 Å². The van der Waals surface area contributed by atoms with Crippen LogP contribution in [0.1, 0.15) is 0 Å². The first-order valence-corrected chi connectivity index (χ1v) is 4.05. The van der Waals surface area contributed by atoms with Crippen molar-refractivity contribution in [3.8, 4) is 0 Å². The molecule has 2 rings (SSSR count). The highest BCUT2D eigenvalue weighted by molar-refractivity contribution is 5.16. The van der Waals surface area contributed by atoms with E-state index in [-0.39, 0.29) is 0 Å². The summed E-state index contributed by atoms with van der Waals surface area (Å²) in [6, 6.07) is 0. The summed E-state index contributed by atoms with van der Waals surface area (Å²) >= 11 is 0. The predicted octanol–water partition coefficient (Wildman–Crippen LogP) is -3.43. The summed E-state index contributed by atoms with van der Waals surface area (Å²) in [6.45, 7) is -0.709. The van der Waals surface area contributed by atoms with E-state index in [4.69, 9.17) is 9.84 Å². The molecule has 0 bridgehead atoms. The number of fused-ring (bicyclic) bond motifs is 1. The second-order valence-electron chi connectivity index (χ2n) is 3.60. The Balaban J connectivity index is 2.23. The average Bonchev–Trinajstić information content (AvgIpc) is 2.91. The van der Waals surface area contributed by atoms with Crippen molar-refractivity contribution in [2.75, 3.05) is 6.61 Å². The minimum Gasteiger partial charge on any atom is -0.393 e. The van der Waals surface area contributed by atoms with Crippen LogP contribution in [0.25, 0.3) is 0 Å². The maximum Gasteiger partial charge on any atom is 0.145 e. The van der Waals surface area contributed by atoms with Crippen molar-refractivity contribution in [2.24, 2.45) is 0 Å². The number of aliphatic hydroxyl groups excluding tert-OH is 4. The Kier molecular flexibility index (Phi) is 1.88. The molecule has 0 aromatic heterocycles. The van der Waals surface area contributed by atoms with E-state index in [1.807, 2.05) is 0 Å². The Morgan fingerprint density at radius 2 is 1.77 bits per heavy atom. The molecule has 6 heteroatoms. The summed E-state index contributed by atoms with van der Waals surface area (Å²) in [5.74, 6) is 0. The van der Waals surface area contributed by atoms with Gasteiger partial charge in [-0.15, -0.1) is 0 Å². The van der Waals surface area contributed by atoms with Crippen LogP contribution < -0.4 is 0 Å². The van der Waals surface area contributed by atoms with Crippen LogP contribution in [-0.2, 0) is 4.74 Å². The zero-order valence-corrected chi connectivity index (χ0v) is 6.74. The predicted molar refractivity (Wildman–Crippen MR) is 38.7 cm³/mol. The number of hydrogen-bond acceptors (Lipinski definition) is 6. The molecule has 1 heterocycles. The molecular formula is C7H12O6. The molecule has 0 radical (unpaired) electrons. The minimum atomic E-state index is -1.86. The molecule has 76 valence electrons. The van der Waals surface area contributed by atoms with Crippen LogP contribution >= 0.6 is 0 Å². The van der Waals surface area contributed by atoms with Gasteiger partial charge in [0.05, 0.1) is 6.61 Å². The van der Waals surface area contributed by atoms with Crippen LogP contribution in [-0.4, -0.2) is 68.3 Å². The quantitative estimate of drug-likeness (QED) is 0.276. The molecule has 0 unspecified atom stereocenters. The van der Waals surface area contributed by atoms with Gasteiger partial charge in [0.2, 0.25) is 0 Å². The van der Waals surface area contributed by atoms with E-state index in [1.165, 1.54) is 0 Å². The lowest BCUT2D eigenvalue weighted by Crippen LogP contribution is -2.63. The first kappa shape index (κ1) is 9.32. The maximum absolute atomic E-state index is 9.65. The van der Waals surface area contributed by atoms with Gasteiger partial charge in [0, 0.05) is 0 Å². The third-order valence-corrected chi connectivity index (χ3v) is 2.79. The van der Waals surface area contributed by atoms with E-state index in [2.05, 4.69) is 0 Å². The van der Waals surface area contributed by atoms with Crippen molar-refractivity contribution in [1.82, 2.24) is 0 Å². The lowest BCUT2D eigenvalue weighted by atomic mass is 9.79. The van der Waals surface area contributed by atoms with Crippen molar-refractivity contribution in [3.05, 3.63) is 0 Å². The summed E-state index contributed by atoms with van der Waals surface area (Å²) in [5.41, 5.74) is -1.86. The van der Waals surface area contributed by atoms with E-state index in [0.29, 0.717) is 0 Å². The minimum absolute atomic E-state index is 0.685. The van der Waals surface area contributed by atoms with Gasteiger partial charge in [0.15, 0.2) is 0 Å². The standard InChI is InChI=1S/C7H12O6/c8-1-7(12)5(11)3(10)2(9)4-6(7)13-4/h2-6,8-12H,1H2/t2-,3-,4+,5+,6+,7-/m1/s1. The fourth-order valence-electron chi connectivity index (χ4n) is 1.81. The summed E-state index contributed by atoms with van der Waals surface area (Å²) in [5, 5.41) is 46.4. The number of aliphatic hydroxyl groups is 5. The third-order valence-electron chi connectivity index (χ3n) is 2.79. The van der Waals surface area contributed by atoms with Crippen molar-refractivity contribution >= 4 is 0 Å². The van der Waals surface area contributed by atoms with Gasteiger partial charge < -0.3 is 30.3 Å². The van der Waals surface area contributed by atoms with Crippen LogP contribution in [0.5, 0.6) is 0 Å². The number of epoxide rings is 1. The molecule has 1 saturated carbocycles. The number of rotatable bonds is 1. The van der Waals surface area contributed by atoms with Crippen LogP contribution in [0, 0.1) is 0 Å². The molecule has 0 spiro atoms. The Hall–Kier alpha value is -0.240. The van der Waals surface area contributed by atoms with E-state index in [9.17, 15) is 20.4 Å². The van der Waals surface area contributed by atoms with Crippen molar-refractivity contribution in [1.29, 1.82) is 0 Å². The SMILES string of the molecule is OC[C@@]1(O)[C@@H](O)[C@H](O)[C@@H](O)[C@@H]2O[C@@H]21. The molecule has 0 amide bonds. The van der Waals surface area contributed by atoms with Crippen molar-refractivity contribution in [3.63, 3.8) is 0 Å². The third kappa shape index (κ3) is 1.04. The van der Waals surface area contributed by atoms with E-state index >= 15 is 0 Å². The smallest absolute Gasteiger partial charge is 0.145 e. The monoisotopic (exact) mass is 192 g/mol. The van der Waals surface area contributed by atoms with Crippen LogP contribution in [0.2, 0.25) is 0 Å². The Morgan fingerprint density at radius 3 is 2.31 bits per heavy atom. The second-order valence-corrected chi connectivity index (χ2v) is 3.60. The summed E-state index contributed by atoms with van der Waals surface area (Å²) in [6.07, 6.45) is -5.74. The summed E-state index contributed by atoms with van der Waals surface area (Å²) in [7, 11) is 0. The van der Waals surface area contributed by atoms with Gasteiger partial charge in [-0.05, 0) is 0 Å². The normalized spacial score (nSPS) is 60.2. The van der Waals surface area contributed by atoms with Crippen LogP contribution in [0.15, 0.2) is 0 Å². The lowest BCUT2D eigenvalue weighted by molar-refractivity contribution is -0.186. The molecular weight excluding hydrogens is 180 g/mol. The van der Waals surface area contributed by atoms with Crippen LogP contribution in [0.3, 0.4) is 0 Å². The Labute approximate surface area is 74.0 Å². The largest absolute Gasteiger partial charge is 0.393 e. The molecule has 1 saturated heterocycles. The molecule has 0 aromatic rings. The second kappa shape index (κ2) is 2.63. The highest BCUT2D eigenvalue weighted by atomic mass is 16.6. The number of ether oxygens (including phenoxy) is 1. The maximum atomic E-state index is 9.65. The first-order valence-electron chi connectivity index (χ1n) is 4.05. The van der Waals surface area contributed by atoms with Gasteiger partial charge >= 0.3 is 0 Å². The van der Waals surface area contributed by atoms with E-state index < -0.39 is 42.7 Å².